The van der Waals surface area contributed by atoms with Gasteiger partial charge in [0.1, 0.15) is 0 Å². The molecule has 3 nitrogen and oxygen atoms in total. The normalized spacial score (nSPS) is 25.7. The third-order valence-electron chi connectivity index (χ3n) is 2.77. The van der Waals surface area contributed by atoms with Gasteiger partial charge in [0, 0.05) is 19.2 Å². The van der Waals surface area contributed by atoms with E-state index in [4.69, 9.17) is 9.47 Å². The minimum Gasteiger partial charge on any atom is -0.375 e. The monoisotopic (exact) mass is 229 g/mol. The minimum absolute atomic E-state index is 0.0286. The number of nitrogens with one attached hydrogen (secondary N) is 1. The van der Waals surface area contributed by atoms with Crippen molar-refractivity contribution in [2.75, 3.05) is 19.8 Å². The van der Waals surface area contributed by atoms with Gasteiger partial charge in [-0.2, -0.15) is 0 Å². The first-order valence-corrected chi connectivity index (χ1v) is 6.30. The molecule has 0 spiro atoms. The predicted molar refractivity (Wildman–Crippen MR) is 66.8 cm³/mol. The molecular formula is C13H27NO2. The second kappa shape index (κ2) is 5.48. The maximum absolute atomic E-state index is 5.68. The molecule has 16 heavy (non-hydrogen) atoms. The van der Waals surface area contributed by atoms with Crippen molar-refractivity contribution in [3.63, 3.8) is 0 Å². The van der Waals surface area contributed by atoms with E-state index in [1.165, 1.54) is 0 Å². The van der Waals surface area contributed by atoms with E-state index in [2.05, 4.69) is 39.9 Å². The zero-order chi connectivity index (χ0) is 12.2. The van der Waals surface area contributed by atoms with Gasteiger partial charge < -0.3 is 14.8 Å². The molecule has 0 aromatic carbocycles. The van der Waals surface area contributed by atoms with E-state index in [1.54, 1.807) is 0 Å². The standard InChI is InChI=1S/C13H27NO2/c1-12(2,3)15-9-7-14-11-6-8-16-13(4,5)10-11/h11,14H,6-10H2,1-5H3. The van der Waals surface area contributed by atoms with Crippen molar-refractivity contribution < 1.29 is 9.47 Å². The van der Waals surface area contributed by atoms with Gasteiger partial charge in [0.15, 0.2) is 0 Å². The third-order valence-corrected chi connectivity index (χ3v) is 2.77. The Hall–Kier alpha value is -0.120. The Kier molecular flexibility index (Phi) is 4.77. The summed E-state index contributed by atoms with van der Waals surface area (Å²) in [6.07, 6.45) is 2.20. The van der Waals surface area contributed by atoms with Crippen molar-refractivity contribution in [2.24, 2.45) is 0 Å². The molecule has 96 valence electrons. The van der Waals surface area contributed by atoms with E-state index < -0.39 is 0 Å². The number of hydrogen-bond donors (Lipinski definition) is 1. The Morgan fingerprint density at radius 3 is 2.62 bits per heavy atom. The van der Waals surface area contributed by atoms with Crippen molar-refractivity contribution in [1.82, 2.24) is 5.32 Å². The van der Waals surface area contributed by atoms with Crippen LogP contribution in [0.15, 0.2) is 0 Å². The summed E-state index contributed by atoms with van der Waals surface area (Å²) in [5.74, 6) is 0. The average Bonchev–Trinajstić information content (AvgIpc) is 2.09. The van der Waals surface area contributed by atoms with Crippen LogP contribution in [0.5, 0.6) is 0 Å². The molecule has 0 aromatic rings. The second-order valence-electron chi connectivity index (χ2n) is 6.21. The maximum Gasteiger partial charge on any atom is 0.0641 e. The van der Waals surface area contributed by atoms with Gasteiger partial charge in [-0.1, -0.05) is 0 Å². The first-order valence-electron chi connectivity index (χ1n) is 6.30. The van der Waals surface area contributed by atoms with E-state index in [0.717, 1.165) is 32.6 Å². The van der Waals surface area contributed by atoms with Gasteiger partial charge >= 0.3 is 0 Å². The van der Waals surface area contributed by atoms with Crippen LogP contribution in [0, 0.1) is 0 Å². The smallest absolute Gasteiger partial charge is 0.0641 e. The highest BCUT2D eigenvalue weighted by Gasteiger charge is 2.28. The van der Waals surface area contributed by atoms with Crippen molar-refractivity contribution in [3.05, 3.63) is 0 Å². The molecular weight excluding hydrogens is 202 g/mol. The second-order valence-corrected chi connectivity index (χ2v) is 6.21. The minimum atomic E-state index is -0.0311. The van der Waals surface area contributed by atoms with Gasteiger partial charge in [0.25, 0.3) is 0 Å². The molecule has 0 saturated carbocycles. The molecule has 0 aliphatic carbocycles. The lowest BCUT2D eigenvalue weighted by atomic mass is 9.94. The Morgan fingerprint density at radius 1 is 1.38 bits per heavy atom. The van der Waals surface area contributed by atoms with Crippen molar-refractivity contribution >= 4 is 0 Å². The highest BCUT2D eigenvalue weighted by atomic mass is 16.5. The van der Waals surface area contributed by atoms with Crippen LogP contribution in [-0.2, 0) is 9.47 Å². The van der Waals surface area contributed by atoms with Crippen molar-refractivity contribution in [2.45, 2.75) is 64.7 Å². The largest absolute Gasteiger partial charge is 0.375 e. The summed E-state index contributed by atoms with van der Waals surface area (Å²) in [5, 5.41) is 3.54. The molecule has 3 heteroatoms. The fourth-order valence-corrected chi connectivity index (χ4v) is 2.03. The van der Waals surface area contributed by atoms with E-state index >= 15 is 0 Å². The summed E-state index contributed by atoms with van der Waals surface area (Å²) >= 11 is 0. The third kappa shape index (κ3) is 5.83. The lowest BCUT2D eigenvalue weighted by Gasteiger charge is -2.36. The van der Waals surface area contributed by atoms with Gasteiger partial charge in [0.05, 0.1) is 17.8 Å². The first-order chi connectivity index (χ1) is 7.29. The van der Waals surface area contributed by atoms with Crippen LogP contribution >= 0.6 is 0 Å². The maximum atomic E-state index is 5.68. The molecule has 1 unspecified atom stereocenters. The lowest BCUT2D eigenvalue weighted by molar-refractivity contribution is -0.0648. The van der Waals surface area contributed by atoms with Crippen LogP contribution in [-0.4, -0.2) is 37.0 Å². The SMILES string of the molecule is CC(C)(C)OCCNC1CCOC(C)(C)C1. The molecule has 1 rings (SSSR count). The summed E-state index contributed by atoms with van der Waals surface area (Å²) in [4.78, 5) is 0. The molecule has 1 saturated heterocycles. The molecule has 0 aromatic heterocycles. The van der Waals surface area contributed by atoms with Gasteiger partial charge in [0.2, 0.25) is 0 Å². The molecule has 0 radical (unpaired) electrons. The Morgan fingerprint density at radius 2 is 2.06 bits per heavy atom. The zero-order valence-corrected chi connectivity index (χ0v) is 11.4. The van der Waals surface area contributed by atoms with Crippen LogP contribution in [0.2, 0.25) is 0 Å². The van der Waals surface area contributed by atoms with Gasteiger partial charge in [-0.3, -0.25) is 0 Å². The topological polar surface area (TPSA) is 30.5 Å². The quantitative estimate of drug-likeness (QED) is 0.751. The first kappa shape index (κ1) is 13.9. The van der Waals surface area contributed by atoms with Crippen LogP contribution in [0.4, 0.5) is 0 Å². The van der Waals surface area contributed by atoms with E-state index in [-0.39, 0.29) is 11.2 Å². The molecule has 1 N–H and O–H groups in total. The summed E-state index contributed by atoms with van der Waals surface area (Å²) in [5.41, 5.74) is -0.00255. The number of hydrogen-bond acceptors (Lipinski definition) is 3. The van der Waals surface area contributed by atoms with Crippen LogP contribution in [0.25, 0.3) is 0 Å². The summed E-state index contributed by atoms with van der Waals surface area (Å²) in [6.45, 7) is 13.2. The van der Waals surface area contributed by atoms with Crippen molar-refractivity contribution in [1.29, 1.82) is 0 Å². The molecule has 1 aliphatic heterocycles. The Balaban J connectivity index is 2.13. The zero-order valence-electron chi connectivity index (χ0n) is 11.4. The number of rotatable bonds is 4. The summed E-state index contributed by atoms with van der Waals surface area (Å²) in [6, 6.07) is 0.576. The van der Waals surface area contributed by atoms with Crippen LogP contribution in [0.1, 0.15) is 47.5 Å². The van der Waals surface area contributed by atoms with E-state index in [9.17, 15) is 0 Å². The van der Waals surface area contributed by atoms with Gasteiger partial charge in [-0.25, -0.2) is 0 Å². The molecule has 0 amide bonds. The average molecular weight is 229 g/mol. The highest BCUT2D eigenvalue weighted by Crippen LogP contribution is 2.23. The molecule has 1 atom stereocenters. The van der Waals surface area contributed by atoms with E-state index in [0.29, 0.717) is 6.04 Å². The molecule has 1 fully saturated rings. The fourth-order valence-electron chi connectivity index (χ4n) is 2.03. The Bertz CT molecular complexity index is 208. The molecule has 1 heterocycles. The Labute approximate surface area is 99.9 Å². The summed E-state index contributed by atoms with van der Waals surface area (Å²) < 4.78 is 11.4. The fraction of sp³-hybridized carbons (Fsp3) is 1.00. The highest BCUT2D eigenvalue weighted by molar-refractivity contribution is 4.82. The predicted octanol–water partition coefficient (Wildman–Crippen LogP) is 2.35. The summed E-state index contributed by atoms with van der Waals surface area (Å²) in [7, 11) is 0. The van der Waals surface area contributed by atoms with Gasteiger partial charge in [-0.05, 0) is 47.5 Å². The molecule has 0 bridgehead atoms. The van der Waals surface area contributed by atoms with Crippen molar-refractivity contribution in [3.8, 4) is 0 Å². The van der Waals surface area contributed by atoms with Gasteiger partial charge in [-0.15, -0.1) is 0 Å². The van der Waals surface area contributed by atoms with Crippen LogP contribution in [0.3, 0.4) is 0 Å². The lowest BCUT2D eigenvalue weighted by Crippen LogP contribution is -2.44. The van der Waals surface area contributed by atoms with Crippen LogP contribution < -0.4 is 5.32 Å². The molecule has 1 aliphatic rings. The van der Waals surface area contributed by atoms with E-state index in [1.807, 2.05) is 0 Å². The number of ether oxygens (including phenoxy) is 2.